The number of nitrogens with zero attached hydrogens (tertiary/aromatic N) is 2. The Kier molecular flexibility index (Phi) is 5.01. The van der Waals surface area contributed by atoms with Gasteiger partial charge >= 0.3 is 0 Å². The standard InChI is InChI=1S/C18H19N3O2/c1-22-16-9-7-14(8-10-16)11-12-19-13-17-20-21-18(23-17)15-5-3-2-4-6-15/h2-10,19H,11-13H2,1H3. The molecular weight excluding hydrogens is 290 g/mol. The van der Waals surface area contributed by atoms with Crippen molar-refractivity contribution in [2.75, 3.05) is 13.7 Å². The van der Waals surface area contributed by atoms with Crippen LogP contribution in [-0.4, -0.2) is 23.9 Å². The SMILES string of the molecule is COc1ccc(CCNCc2nnc(-c3ccccc3)o2)cc1. The van der Waals surface area contributed by atoms with Gasteiger partial charge in [0.05, 0.1) is 13.7 Å². The molecule has 0 aliphatic carbocycles. The number of methoxy groups -OCH3 is 1. The van der Waals surface area contributed by atoms with E-state index in [1.165, 1.54) is 5.56 Å². The van der Waals surface area contributed by atoms with Crippen LogP contribution in [-0.2, 0) is 13.0 Å². The Hall–Kier alpha value is -2.66. The zero-order valence-corrected chi connectivity index (χ0v) is 13.0. The van der Waals surface area contributed by atoms with Gasteiger partial charge in [0.15, 0.2) is 0 Å². The molecule has 0 fully saturated rings. The Bertz CT molecular complexity index is 724. The molecule has 23 heavy (non-hydrogen) atoms. The van der Waals surface area contributed by atoms with Crippen LogP contribution in [0.5, 0.6) is 5.75 Å². The number of hydrogen-bond acceptors (Lipinski definition) is 5. The summed E-state index contributed by atoms with van der Waals surface area (Å²) in [4.78, 5) is 0. The van der Waals surface area contributed by atoms with Gasteiger partial charge in [0, 0.05) is 5.56 Å². The quantitative estimate of drug-likeness (QED) is 0.680. The molecule has 1 heterocycles. The summed E-state index contributed by atoms with van der Waals surface area (Å²) >= 11 is 0. The second-order valence-electron chi connectivity index (χ2n) is 5.14. The average molecular weight is 309 g/mol. The summed E-state index contributed by atoms with van der Waals surface area (Å²) < 4.78 is 10.8. The molecule has 0 aliphatic heterocycles. The number of nitrogens with one attached hydrogen (secondary N) is 1. The molecule has 5 nitrogen and oxygen atoms in total. The highest BCUT2D eigenvalue weighted by molar-refractivity contribution is 5.51. The Morgan fingerprint density at radius 3 is 2.52 bits per heavy atom. The third-order valence-corrected chi connectivity index (χ3v) is 3.51. The molecule has 1 aromatic heterocycles. The van der Waals surface area contributed by atoms with E-state index < -0.39 is 0 Å². The highest BCUT2D eigenvalue weighted by Crippen LogP contribution is 2.16. The first-order valence-corrected chi connectivity index (χ1v) is 7.56. The smallest absolute Gasteiger partial charge is 0.247 e. The van der Waals surface area contributed by atoms with Gasteiger partial charge in [-0.25, -0.2) is 0 Å². The van der Waals surface area contributed by atoms with Crippen LogP contribution >= 0.6 is 0 Å². The van der Waals surface area contributed by atoms with E-state index >= 15 is 0 Å². The van der Waals surface area contributed by atoms with Crippen LogP contribution in [0.15, 0.2) is 59.0 Å². The largest absolute Gasteiger partial charge is 0.497 e. The second-order valence-corrected chi connectivity index (χ2v) is 5.14. The van der Waals surface area contributed by atoms with Crippen LogP contribution < -0.4 is 10.1 Å². The number of ether oxygens (including phenoxy) is 1. The highest BCUT2D eigenvalue weighted by atomic mass is 16.5. The van der Waals surface area contributed by atoms with Crippen LogP contribution in [0.1, 0.15) is 11.5 Å². The Balaban J connectivity index is 1.46. The lowest BCUT2D eigenvalue weighted by Crippen LogP contribution is -2.16. The lowest BCUT2D eigenvalue weighted by molar-refractivity contribution is 0.414. The molecule has 0 unspecified atom stereocenters. The normalized spacial score (nSPS) is 10.7. The molecule has 0 atom stereocenters. The van der Waals surface area contributed by atoms with Gasteiger partial charge in [-0.3, -0.25) is 0 Å². The van der Waals surface area contributed by atoms with E-state index in [4.69, 9.17) is 9.15 Å². The second kappa shape index (κ2) is 7.56. The van der Waals surface area contributed by atoms with E-state index in [0.717, 1.165) is 24.3 Å². The van der Waals surface area contributed by atoms with Crippen molar-refractivity contribution in [2.24, 2.45) is 0 Å². The fourth-order valence-electron chi connectivity index (χ4n) is 2.24. The Morgan fingerprint density at radius 2 is 1.78 bits per heavy atom. The lowest BCUT2D eigenvalue weighted by Gasteiger charge is -2.04. The molecule has 118 valence electrons. The minimum absolute atomic E-state index is 0.553. The maximum absolute atomic E-state index is 5.65. The number of benzene rings is 2. The van der Waals surface area contributed by atoms with Gasteiger partial charge in [0.2, 0.25) is 11.8 Å². The van der Waals surface area contributed by atoms with Crippen LogP contribution in [0.25, 0.3) is 11.5 Å². The minimum atomic E-state index is 0.553. The summed E-state index contributed by atoms with van der Waals surface area (Å²) in [5.74, 6) is 2.03. The molecule has 5 heteroatoms. The van der Waals surface area contributed by atoms with Gasteiger partial charge in [-0.15, -0.1) is 10.2 Å². The molecule has 0 amide bonds. The first-order chi connectivity index (χ1) is 11.3. The number of rotatable bonds is 7. The summed E-state index contributed by atoms with van der Waals surface area (Å²) in [5, 5.41) is 11.5. The molecule has 1 N–H and O–H groups in total. The van der Waals surface area contributed by atoms with Crippen molar-refractivity contribution in [1.29, 1.82) is 0 Å². The minimum Gasteiger partial charge on any atom is -0.497 e. The van der Waals surface area contributed by atoms with Gasteiger partial charge in [0.1, 0.15) is 5.75 Å². The van der Waals surface area contributed by atoms with E-state index in [-0.39, 0.29) is 0 Å². The number of hydrogen-bond donors (Lipinski definition) is 1. The van der Waals surface area contributed by atoms with Crippen molar-refractivity contribution in [3.63, 3.8) is 0 Å². The molecule has 3 rings (SSSR count). The summed E-state index contributed by atoms with van der Waals surface area (Å²) in [6.45, 7) is 1.41. The monoisotopic (exact) mass is 309 g/mol. The predicted molar refractivity (Wildman–Crippen MR) is 88.1 cm³/mol. The molecule has 0 spiro atoms. The summed E-state index contributed by atoms with van der Waals surface area (Å²) in [6, 6.07) is 17.9. The maximum Gasteiger partial charge on any atom is 0.247 e. The first-order valence-electron chi connectivity index (χ1n) is 7.56. The molecule has 0 saturated carbocycles. The van der Waals surface area contributed by atoms with Gasteiger partial charge in [-0.2, -0.15) is 0 Å². The highest BCUT2D eigenvalue weighted by Gasteiger charge is 2.07. The maximum atomic E-state index is 5.65. The molecule has 0 aliphatic rings. The predicted octanol–water partition coefficient (Wildman–Crippen LogP) is 3.08. The van der Waals surface area contributed by atoms with Gasteiger partial charge in [-0.1, -0.05) is 30.3 Å². The fourth-order valence-corrected chi connectivity index (χ4v) is 2.24. The van der Waals surface area contributed by atoms with E-state index in [9.17, 15) is 0 Å². The average Bonchev–Trinajstić information content (AvgIpc) is 3.09. The lowest BCUT2D eigenvalue weighted by atomic mass is 10.1. The van der Waals surface area contributed by atoms with E-state index in [1.54, 1.807) is 7.11 Å². The number of aromatic nitrogens is 2. The van der Waals surface area contributed by atoms with Crippen molar-refractivity contribution >= 4 is 0 Å². The first kappa shape index (κ1) is 15.2. The summed E-state index contributed by atoms with van der Waals surface area (Å²) in [6.07, 6.45) is 0.934. The van der Waals surface area contributed by atoms with E-state index in [0.29, 0.717) is 18.3 Å². The third kappa shape index (κ3) is 4.17. The van der Waals surface area contributed by atoms with Crippen molar-refractivity contribution in [2.45, 2.75) is 13.0 Å². The topological polar surface area (TPSA) is 60.2 Å². The van der Waals surface area contributed by atoms with Crippen molar-refractivity contribution < 1.29 is 9.15 Å². The summed E-state index contributed by atoms with van der Waals surface area (Å²) in [5.41, 5.74) is 2.19. The molecule has 0 radical (unpaired) electrons. The van der Waals surface area contributed by atoms with Gasteiger partial charge in [0.25, 0.3) is 0 Å². The molecule has 0 bridgehead atoms. The van der Waals surface area contributed by atoms with Crippen molar-refractivity contribution in [3.8, 4) is 17.2 Å². The van der Waals surface area contributed by atoms with Crippen LogP contribution in [0.2, 0.25) is 0 Å². The van der Waals surface area contributed by atoms with Crippen LogP contribution in [0, 0.1) is 0 Å². The van der Waals surface area contributed by atoms with Crippen molar-refractivity contribution in [3.05, 3.63) is 66.1 Å². The Labute approximate surface area is 135 Å². The van der Waals surface area contributed by atoms with E-state index in [2.05, 4.69) is 27.6 Å². The molecule has 2 aromatic carbocycles. The third-order valence-electron chi connectivity index (χ3n) is 3.51. The zero-order chi connectivity index (χ0) is 15.9. The zero-order valence-electron chi connectivity index (χ0n) is 13.0. The molecule has 0 saturated heterocycles. The van der Waals surface area contributed by atoms with E-state index in [1.807, 2.05) is 42.5 Å². The van der Waals surface area contributed by atoms with Gasteiger partial charge in [-0.05, 0) is 42.8 Å². The Morgan fingerprint density at radius 1 is 1.00 bits per heavy atom. The van der Waals surface area contributed by atoms with Gasteiger partial charge < -0.3 is 14.5 Å². The summed E-state index contributed by atoms with van der Waals surface area (Å²) in [7, 11) is 1.67. The van der Waals surface area contributed by atoms with Crippen LogP contribution in [0.3, 0.4) is 0 Å². The molecule has 3 aromatic rings. The van der Waals surface area contributed by atoms with Crippen LogP contribution in [0.4, 0.5) is 0 Å². The fraction of sp³-hybridized carbons (Fsp3) is 0.222. The molecular formula is C18H19N3O2. The van der Waals surface area contributed by atoms with Crippen molar-refractivity contribution in [1.82, 2.24) is 15.5 Å².